The molecule has 1 aliphatic carbocycles. The molecule has 1 saturated carbocycles. The summed E-state index contributed by atoms with van der Waals surface area (Å²) in [5.74, 6) is 0.356. The molecule has 0 aliphatic heterocycles. The molecule has 0 heterocycles. The molecule has 0 spiro atoms. The molecule has 1 aliphatic rings. The van der Waals surface area contributed by atoms with Crippen LogP contribution < -0.4 is 10.5 Å². The number of benzene rings is 2. The van der Waals surface area contributed by atoms with Crippen molar-refractivity contribution < 1.29 is 17.9 Å². The minimum Gasteiger partial charge on any atom is -0.406 e. The number of halogens is 3. The van der Waals surface area contributed by atoms with E-state index in [1.165, 1.54) is 36.2 Å². The zero-order valence-corrected chi connectivity index (χ0v) is 14.7. The predicted molar refractivity (Wildman–Crippen MR) is 99.4 cm³/mol. The molecule has 2 N–H and O–H groups in total. The summed E-state index contributed by atoms with van der Waals surface area (Å²) in [5, 5.41) is 0. The Hall–Kier alpha value is -2.81. The number of nitrogens with zero attached hydrogens (tertiary/aromatic N) is 3. The summed E-state index contributed by atoms with van der Waals surface area (Å²) in [7, 11) is 0. The molecule has 2 atom stereocenters. The van der Waals surface area contributed by atoms with Crippen LogP contribution in [-0.2, 0) is 12.4 Å². The van der Waals surface area contributed by atoms with E-state index in [1.54, 1.807) is 0 Å². The summed E-state index contributed by atoms with van der Waals surface area (Å²) in [4.78, 5) is 8.08. The molecular weight excluding hydrogens is 377 g/mol. The lowest BCUT2D eigenvalue weighted by atomic mass is 10.1. The summed E-state index contributed by atoms with van der Waals surface area (Å²) in [6.45, 7) is 0. The fraction of sp³-hybridized carbons (Fsp3) is 0.222. The Kier molecular flexibility index (Phi) is 5.50. The van der Waals surface area contributed by atoms with Gasteiger partial charge in [-0.05, 0) is 36.2 Å². The molecule has 2 unspecified atom stereocenters. The summed E-state index contributed by atoms with van der Waals surface area (Å²) < 4.78 is 44.0. The maximum atomic E-state index is 12.1. The number of aliphatic imine (C=N–C) groups is 2. The molecule has 0 radical (unpaired) electrons. The number of alkyl halides is 3. The molecule has 0 aromatic heterocycles. The van der Waals surface area contributed by atoms with E-state index < -0.39 is 6.36 Å². The zero-order chi connectivity index (χ0) is 19.4. The van der Waals surface area contributed by atoms with Crippen LogP contribution in [0.2, 0.25) is 0 Å². The molecule has 2 aromatic rings. The van der Waals surface area contributed by atoms with Crippen molar-refractivity contribution in [3.05, 3.63) is 59.7 Å². The van der Waals surface area contributed by atoms with E-state index in [2.05, 4.69) is 19.1 Å². The van der Waals surface area contributed by atoms with E-state index in [4.69, 9.17) is 18.2 Å². The van der Waals surface area contributed by atoms with Gasteiger partial charge in [-0.3, -0.25) is 0 Å². The van der Waals surface area contributed by atoms with Crippen molar-refractivity contribution in [2.24, 2.45) is 20.1 Å². The summed E-state index contributed by atoms with van der Waals surface area (Å²) in [6, 6.07) is 13.0. The van der Waals surface area contributed by atoms with Crippen molar-refractivity contribution in [2.45, 2.75) is 24.7 Å². The second-order valence-electron chi connectivity index (χ2n) is 5.94. The molecule has 1 fully saturated rings. The highest BCUT2D eigenvalue weighted by Gasteiger charge is 2.38. The molecule has 0 amide bonds. The number of rotatable bonds is 6. The zero-order valence-electron chi connectivity index (χ0n) is 13.9. The maximum absolute atomic E-state index is 12.1. The fourth-order valence-corrected chi connectivity index (χ4v) is 2.76. The van der Waals surface area contributed by atoms with Crippen LogP contribution in [0.25, 0.3) is 0 Å². The Labute approximate surface area is 159 Å². The van der Waals surface area contributed by atoms with Crippen LogP contribution in [0.3, 0.4) is 0 Å². The van der Waals surface area contributed by atoms with Gasteiger partial charge >= 0.3 is 6.36 Å². The molecule has 140 valence electrons. The smallest absolute Gasteiger partial charge is 0.406 e. The van der Waals surface area contributed by atoms with Gasteiger partial charge in [0.2, 0.25) is 0 Å². The Morgan fingerprint density at radius 2 is 1.78 bits per heavy atom. The Morgan fingerprint density at radius 3 is 2.33 bits per heavy atom. The van der Waals surface area contributed by atoms with Crippen LogP contribution in [-0.4, -0.2) is 24.6 Å². The van der Waals surface area contributed by atoms with Gasteiger partial charge in [-0.1, -0.05) is 24.3 Å². The minimum atomic E-state index is -4.72. The van der Waals surface area contributed by atoms with Gasteiger partial charge in [-0.25, -0.2) is 14.3 Å². The normalized spacial score (nSPS) is 19.9. The molecule has 9 heteroatoms. The first kappa shape index (κ1) is 19.0. The lowest BCUT2D eigenvalue weighted by Gasteiger charge is -2.08. The highest BCUT2D eigenvalue weighted by atomic mass is 32.1. The van der Waals surface area contributed by atoms with Gasteiger partial charge in [0.25, 0.3) is 0 Å². The standard InChI is InChI=1S/C18H15F3N4OS/c19-18(20,21)26-14-7-5-13(6-8-14)23-10-24-17(22)12-3-1-11(2-4-12)15-9-16(15)25-27/h1-8,10,15-16H,9H2,(H2,22,23,24). The topological polar surface area (TPSA) is 72.3 Å². The largest absolute Gasteiger partial charge is 0.573 e. The lowest BCUT2D eigenvalue weighted by Crippen LogP contribution is -2.16. The molecular formula is C18H15F3N4OS. The van der Waals surface area contributed by atoms with E-state index in [9.17, 15) is 13.2 Å². The fourth-order valence-electron chi connectivity index (χ4n) is 2.52. The van der Waals surface area contributed by atoms with Gasteiger partial charge in [-0.15, -0.1) is 13.2 Å². The number of hydrogen-bond acceptors (Lipinski definition) is 4. The van der Waals surface area contributed by atoms with Gasteiger partial charge in [0.05, 0.1) is 11.7 Å². The molecule has 0 saturated heterocycles. The molecule has 0 bridgehead atoms. The summed E-state index contributed by atoms with van der Waals surface area (Å²) in [6.07, 6.45) is -2.50. The third-order valence-electron chi connectivity index (χ3n) is 4.00. The average molecular weight is 392 g/mol. The van der Waals surface area contributed by atoms with Crippen LogP contribution >= 0.6 is 0 Å². The second-order valence-corrected chi connectivity index (χ2v) is 6.15. The summed E-state index contributed by atoms with van der Waals surface area (Å²) in [5.41, 5.74) is 8.26. The van der Waals surface area contributed by atoms with Crippen LogP contribution in [0.5, 0.6) is 5.75 Å². The Balaban J connectivity index is 1.60. The number of nitrogens with two attached hydrogens (primary N) is 1. The van der Waals surface area contributed by atoms with Crippen molar-refractivity contribution in [3.63, 3.8) is 0 Å². The molecule has 5 nitrogen and oxygen atoms in total. The molecule has 2 aromatic carbocycles. The van der Waals surface area contributed by atoms with E-state index >= 15 is 0 Å². The van der Waals surface area contributed by atoms with Gasteiger partial charge in [-0.2, -0.15) is 0 Å². The van der Waals surface area contributed by atoms with E-state index in [-0.39, 0.29) is 17.6 Å². The maximum Gasteiger partial charge on any atom is 0.573 e. The van der Waals surface area contributed by atoms with Gasteiger partial charge in [0, 0.05) is 23.9 Å². The van der Waals surface area contributed by atoms with Gasteiger partial charge in [0.1, 0.15) is 17.9 Å². The quantitative estimate of drug-likeness (QED) is 0.590. The van der Waals surface area contributed by atoms with Crippen LogP contribution in [0.4, 0.5) is 18.9 Å². The Morgan fingerprint density at radius 1 is 1.11 bits per heavy atom. The first-order valence-corrected chi connectivity index (χ1v) is 8.36. The van der Waals surface area contributed by atoms with Crippen molar-refractivity contribution in [3.8, 4) is 5.75 Å². The second kappa shape index (κ2) is 7.83. The van der Waals surface area contributed by atoms with Crippen LogP contribution in [0, 0.1) is 0 Å². The number of ether oxygens (including phenoxy) is 1. The highest BCUT2D eigenvalue weighted by Crippen LogP contribution is 2.43. The monoisotopic (exact) mass is 392 g/mol. The van der Waals surface area contributed by atoms with E-state index in [0.29, 0.717) is 11.6 Å². The molecule has 27 heavy (non-hydrogen) atoms. The van der Waals surface area contributed by atoms with Crippen molar-refractivity contribution >= 4 is 30.3 Å². The molecule has 3 rings (SSSR count). The minimum absolute atomic E-state index is 0.233. The number of amidine groups is 1. The highest BCUT2D eigenvalue weighted by molar-refractivity contribution is 7.47. The number of hydrogen-bond donors (Lipinski definition) is 1. The van der Waals surface area contributed by atoms with E-state index in [1.807, 2.05) is 24.3 Å². The third-order valence-corrected chi connectivity index (χ3v) is 4.27. The SMILES string of the molecule is NC(=NC=Nc1ccc(OC(F)(F)F)cc1)c1ccc(C2CC2N=S)cc1. The van der Waals surface area contributed by atoms with Crippen molar-refractivity contribution in [1.82, 2.24) is 0 Å². The van der Waals surface area contributed by atoms with Crippen LogP contribution in [0.15, 0.2) is 62.9 Å². The van der Waals surface area contributed by atoms with Crippen LogP contribution in [0.1, 0.15) is 23.5 Å². The first-order chi connectivity index (χ1) is 12.9. The van der Waals surface area contributed by atoms with Gasteiger partial charge < -0.3 is 10.5 Å². The Bertz CT molecular complexity index is 864. The van der Waals surface area contributed by atoms with Gasteiger partial charge in [0.15, 0.2) is 0 Å². The van der Waals surface area contributed by atoms with E-state index in [0.717, 1.165) is 12.0 Å². The first-order valence-electron chi connectivity index (χ1n) is 8.00. The lowest BCUT2D eigenvalue weighted by molar-refractivity contribution is -0.274. The van der Waals surface area contributed by atoms with Crippen molar-refractivity contribution in [1.29, 1.82) is 0 Å². The third kappa shape index (κ3) is 5.33. The summed E-state index contributed by atoms with van der Waals surface area (Å²) >= 11 is 4.72. The predicted octanol–water partition coefficient (Wildman–Crippen LogP) is 4.24. The van der Waals surface area contributed by atoms with Crippen molar-refractivity contribution in [2.75, 3.05) is 0 Å². The average Bonchev–Trinajstić information content (AvgIpc) is 3.42.